The highest BCUT2D eigenvalue weighted by molar-refractivity contribution is 5.94. The van der Waals surface area contributed by atoms with Crippen molar-refractivity contribution in [3.63, 3.8) is 0 Å². The second-order valence-corrected chi connectivity index (χ2v) is 3.81. The normalized spacial score (nSPS) is 10.4. The number of hydrogen-bond donors (Lipinski definition) is 1. The van der Waals surface area contributed by atoms with Crippen molar-refractivity contribution in [2.45, 2.75) is 26.7 Å². The molecule has 0 atom stereocenters. The second kappa shape index (κ2) is 4.27. The number of rotatable bonds is 2. The van der Waals surface area contributed by atoms with Gasteiger partial charge in [0.05, 0.1) is 0 Å². The first kappa shape index (κ1) is 10.8. The Labute approximate surface area is 85.3 Å². The van der Waals surface area contributed by atoms with E-state index in [4.69, 9.17) is 0 Å². The summed E-state index contributed by atoms with van der Waals surface area (Å²) >= 11 is 0. The van der Waals surface area contributed by atoms with E-state index in [0.717, 1.165) is 5.56 Å². The van der Waals surface area contributed by atoms with Crippen molar-refractivity contribution >= 4 is 5.91 Å². The molecule has 1 rings (SSSR count). The summed E-state index contributed by atoms with van der Waals surface area (Å²) in [6, 6.07) is 5.85. The Morgan fingerprint density at radius 2 is 2.00 bits per heavy atom. The number of benzene rings is 1. The van der Waals surface area contributed by atoms with E-state index in [9.17, 15) is 4.79 Å². The maximum absolute atomic E-state index is 11.3. The maximum atomic E-state index is 11.3. The molecule has 0 aliphatic carbocycles. The highest BCUT2D eigenvalue weighted by atomic mass is 16.1. The fourth-order valence-corrected chi connectivity index (χ4v) is 1.61. The van der Waals surface area contributed by atoms with Crippen LogP contribution in [-0.2, 0) is 0 Å². The number of carbonyl (C=O) groups excluding carboxylic acids is 1. The fraction of sp³-hybridized carbons (Fsp3) is 0.417. The molecule has 0 spiro atoms. The summed E-state index contributed by atoms with van der Waals surface area (Å²) in [5.41, 5.74) is 3.22. The Bertz CT molecular complexity index is 342. The van der Waals surface area contributed by atoms with Crippen molar-refractivity contribution < 1.29 is 4.79 Å². The van der Waals surface area contributed by atoms with E-state index in [-0.39, 0.29) is 5.91 Å². The van der Waals surface area contributed by atoms with Gasteiger partial charge >= 0.3 is 0 Å². The van der Waals surface area contributed by atoms with Crippen LogP contribution in [0.15, 0.2) is 18.2 Å². The molecule has 0 aliphatic rings. The van der Waals surface area contributed by atoms with Crippen molar-refractivity contribution in [2.75, 3.05) is 7.05 Å². The van der Waals surface area contributed by atoms with Crippen LogP contribution in [0, 0.1) is 6.92 Å². The van der Waals surface area contributed by atoms with Crippen LogP contribution in [0.2, 0.25) is 0 Å². The third-order valence-corrected chi connectivity index (χ3v) is 2.38. The first-order valence-electron chi connectivity index (χ1n) is 4.89. The number of aryl methyl sites for hydroxylation is 1. The maximum Gasteiger partial charge on any atom is 0.251 e. The number of carbonyl (C=O) groups is 1. The molecule has 2 nitrogen and oxygen atoms in total. The zero-order valence-corrected chi connectivity index (χ0v) is 9.22. The molecule has 0 radical (unpaired) electrons. The summed E-state index contributed by atoms with van der Waals surface area (Å²) in [7, 11) is 1.65. The van der Waals surface area contributed by atoms with Crippen molar-refractivity contribution in [1.82, 2.24) is 5.32 Å². The van der Waals surface area contributed by atoms with E-state index in [2.05, 4.69) is 19.2 Å². The van der Waals surface area contributed by atoms with Crippen molar-refractivity contribution in [3.05, 3.63) is 34.9 Å². The van der Waals surface area contributed by atoms with Gasteiger partial charge in [0, 0.05) is 12.6 Å². The molecular weight excluding hydrogens is 174 g/mol. The van der Waals surface area contributed by atoms with Crippen molar-refractivity contribution in [1.29, 1.82) is 0 Å². The number of hydrogen-bond acceptors (Lipinski definition) is 1. The van der Waals surface area contributed by atoms with Crippen LogP contribution in [0.3, 0.4) is 0 Å². The molecule has 0 bridgehead atoms. The molecule has 14 heavy (non-hydrogen) atoms. The Morgan fingerprint density at radius 3 is 2.43 bits per heavy atom. The van der Waals surface area contributed by atoms with E-state index in [1.807, 2.05) is 25.1 Å². The number of nitrogens with one attached hydrogen (secondary N) is 1. The molecule has 0 unspecified atom stereocenters. The largest absolute Gasteiger partial charge is 0.355 e. The van der Waals surface area contributed by atoms with Gasteiger partial charge in [-0.25, -0.2) is 0 Å². The second-order valence-electron chi connectivity index (χ2n) is 3.81. The van der Waals surface area contributed by atoms with E-state index >= 15 is 0 Å². The molecule has 0 aliphatic heterocycles. The van der Waals surface area contributed by atoms with Gasteiger partial charge in [0.2, 0.25) is 0 Å². The van der Waals surface area contributed by atoms with Gasteiger partial charge in [-0.2, -0.15) is 0 Å². The molecule has 76 valence electrons. The third kappa shape index (κ3) is 2.13. The Morgan fingerprint density at radius 1 is 1.36 bits per heavy atom. The van der Waals surface area contributed by atoms with Crippen LogP contribution in [0.1, 0.15) is 41.3 Å². The van der Waals surface area contributed by atoms with Crippen LogP contribution >= 0.6 is 0 Å². The van der Waals surface area contributed by atoms with Crippen LogP contribution in [0.5, 0.6) is 0 Å². The molecule has 1 aromatic carbocycles. The van der Waals surface area contributed by atoms with Crippen LogP contribution in [-0.4, -0.2) is 13.0 Å². The molecule has 0 heterocycles. The molecule has 0 saturated carbocycles. The Balaban J connectivity index is 3.06. The molecule has 1 N–H and O–H groups in total. The minimum absolute atomic E-state index is 0.0246. The summed E-state index contributed by atoms with van der Waals surface area (Å²) in [4.78, 5) is 11.3. The minimum atomic E-state index is -0.0246. The molecule has 0 aromatic heterocycles. The van der Waals surface area contributed by atoms with Gasteiger partial charge in [-0.3, -0.25) is 4.79 Å². The third-order valence-electron chi connectivity index (χ3n) is 2.38. The highest BCUT2D eigenvalue weighted by Crippen LogP contribution is 2.19. The fourth-order valence-electron chi connectivity index (χ4n) is 1.61. The number of amides is 1. The van der Waals surface area contributed by atoms with E-state index in [1.165, 1.54) is 11.1 Å². The summed E-state index contributed by atoms with van der Waals surface area (Å²) in [5, 5.41) is 2.62. The predicted molar refractivity (Wildman–Crippen MR) is 58.7 cm³/mol. The Hall–Kier alpha value is -1.31. The monoisotopic (exact) mass is 191 g/mol. The summed E-state index contributed by atoms with van der Waals surface area (Å²) in [5.74, 6) is 0.483. The van der Waals surface area contributed by atoms with Gasteiger partial charge in [-0.15, -0.1) is 0 Å². The van der Waals surface area contributed by atoms with Crippen molar-refractivity contribution in [3.8, 4) is 0 Å². The minimum Gasteiger partial charge on any atom is -0.355 e. The quantitative estimate of drug-likeness (QED) is 0.764. The SMILES string of the molecule is CNC(=O)c1ccc(C(C)C)c(C)c1. The highest BCUT2D eigenvalue weighted by Gasteiger charge is 2.07. The smallest absolute Gasteiger partial charge is 0.251 e. The summed E-state index contributed by atoms with van der Waals surface area (Å²) < 4.78 is 0. The Kier molecular flexibility index (Phi) is 3.28. The van der Waals surface area contributed by atoms with Crippen molar-refractivity contribution in [2.24, 2.45) is 0 Å². The molecule has 0 fully saturated rings. The molecule has 0 saturated heterocycles. The first-order chi connectivity index (χ1) is 6.56. The topological polar surface area (TPSA) is 29.1 Å². The summed E-state index contributed by atoms with van der Waals surface area (Å²) in [6.45, 7) is 6.35. The zero-order chi connectivity index (χ0) is 10.7. The van der Waals surface area contributed by atoms with Crippen LogP contribution < -0.4 is 5.32 Å². The molecule has 1 amide bonds. The van der Waals surface area contributed by atoms with Crippen LogP contribution in [0.4, 0.5) is 0 Å². The van der Waals surface area contributed by atoms with E-state index in [1.54, 1.807) is 7.05 Å². The molecule has 2 heteroatoms. The zero-order valence-electron chi connectivity index (χ0n) is 9.22. The molecule has 1 aromatic rings. The lowest BCUT2D eigenvalue weighted by Crippen LogP contribution is -2.17. The average molecular weight is 191 g/mol. The lowest BCUT2D eigenvalue weighted by atomic mass is 9.96. The van der Waals surface area contributed by atoms with E-state index in [0.29, 0.717) is 5.92 Å². The van der Waals surface area contributed by atoms with E-state index < -0.39 is 0 Å². The van der Waals surface area contributed by atoms with Gasteiger partial charge in [0.25, 0.3) is 5.91 Å². The summed E-state index contributed by atoms with van der Waals surface area (Å²) in [6.07, 6.45) is 0. The predicted octanol–water partition coefficient (Wildman–Crippen LogP) is 2.48. The first-order valence-corrected chi connectivity index (χ1v) is 4.89. The van der Waals surface area contributed by atoms with Gasteiger partial charge in [-0.1, -0.05) is 19.9 Å². The lowest BCUT2D eigenvalue weighted by Gasteiger charge is -2.10. The van der Waals surface area contributed by atoms with Gasteiger partial charge in [0.1, 0.15) is 0 Å². The van der Waals surface area contributed by atoms with Gasteiger partial charge in [0.15, 0.2) is 0 Å². The van der Waals surface area contributed by atoms with Gasteiger partial charge < -0.3 is 5.32 Å². The standard InChI is InChI=1S/C12H17NO/c1-8(2)11-6-5-10(7-9(11)3)12(14)13-4/h5-8H,1-4H3,(H,13,14). The molecular formula is C12H17NO. The van der Waals surface area contributed by atoms with Gasteiger partial charge in [-0.05, 0) is 36.1 Å². The average Bonchev–Trinajstić information content (AvgIpc) is 2.15. The lowest BCUT2D eigenvalue weighted by molar-refractivity contribution is 0.0963. The van der Waals surface area contributed by atoms with Crippen LogP contribution in [0.25, 0.3) is 0 Å².